The molecule has 5 saturated heterocycles. The van der Waals surface area contributed by atoms with Crippen molar-refractivity contribution in [2.75, 3.05) is 169 Å². The maximum atomic E-state index is 13.6. The van der Waals surface area contributed by atoms with Gasteiger partial charge in [0.25, 0.3) is 0 Å². The van der Waals surface area contributed by atoms with Crippen LogP contribution in [0.15, 0.2) is 77.5 Å². The van der Waals surface area contributed by atoms with Gasteiger partial charge in [-0.05, 0) is 97.4 Å². The third-order valence-electron chi connectivity index (χ3n) is 19.4. The van der Waals surface area contributed by atoms with Crippen LogP contribution in [0.3, 0.4) is 0 Å². The smallest absolute Gasteiger partial charge is 0.434 e. The highest BCUT2D eigenvalue weighted by atomic mass is 79.9. The topological polar surface area (TPSA) is 467 Å². The van der Waals surface area contributed by atoms with Crippen LogP contribution in [0.5, 0.6) is 5.75 Å². The van der Waals surface area contributed by atoms with Gasteiger partial charge < -0.3 is 48.3 Å². The summed E-state index contributed by atoms with van der Waals surface area (Å²) in [5, 5.41) is 60.9. The van der Waals surface area contributed by atoms with Crippen LogP contribution in [0.25, 0.3) is 10.4 Å². The van der Waals surface area contributed by atoms with Crippen molar-refractivity contribution in [3.63, 3.8) is 0 Å². The highest BCUT2D eigenvalue weighted by Gasteiger charge is 2.49. The van der Waals surface area contributed by atoms with Gasteiger partial charge in [0.1, 0.15) is 47.7 Å². The van der Waals surface area contributed by atoms with Crippen LogP contribution < -0.4 is 9.84 Å². The first-order valence-corrected chi connectivity index (χ1v) is 55.7. The average molecular weight is 2280 g/mol. The van der Waals surface area contributed by atoms with Crippen molar-refractivity contribution >= 4 is 190 Å². The van der Waals surface area contributed by atoms with E-state index in [4.69, 9.17) is 31.8 Å². The number of nitro groups is 5. The molecule has 5 aromatic heterocycles. The van der Waals surface area contributed by atoms with E-state index >= 15 is 0 Å². The van der Waals surface area contributed by atoms with Gasteiger partial charge in [0.2, 0.25) is 0 Å². The second-order valence-corrected chi connectivity index (χ2v) is 47.3. The zero-order chi connectivity index (χ0) is 92.0. The van der Waals surface area contributed by atoms with Crippen molar-refractivity contribution in [1.29, 1.82) is 0 Å². The van der Waals surface area contributed by atoms with Gasteiger partial charge in [-0.1, -0.05) is 156 Å². The molecule has 125 heavy (non-hydrogen) atoms. The number of hydrogen-bond donors (Lipinski definition) is 1. The van der Waals surface area contributed by atoms with Gasteiger partial charge in [0.05, 0.1) is 48.8 Å². The molecule has 1 amide bonds. The lowest BCUT2D eigenvalue weighted by Crippen LogP contribution is -2.47. The molecule has 43 nitrogen and oxygen atoms in total. The molecule has 56 heteroatoms. The van der Waals surface area contributed by atoms with Gasteiger partial charge in [-0.25, -0.2) is 65.2 Å². The molecule has 0 saturated carbocycles. The lowest BCUT2D eigenvalue weighted by Gasteiger charge is -2.33. The highest BCUT2D eigenvalue weighted by molar-refractivity contribution is 9.10. The number of nitrogens with one attached hydrogen (secondary N) is 1. The second kappa shape index (κ2) is 51.8. The number of alkyl carbamates (subject to hydrolysis) is 1. The number of alkyl halides is 6. The number of furan rings is 1. The maximum Gasteiger partial charge on any atom is 0.434 e. The first kappa shape index (κ1) is 108. The molecule has 700 valence electrons. The minimum absolute atomic E-state index is 0.00807. The van der Waals surface area contributed by atoms with Gasteiger partial charge in [-0.3, -0.25) is 57.7 Å². The fraction of sp³-hybridized carbons (Fsp3) is 0.638. The molecular weight excluding hydrogens is 2180 g/mol. The van der Waals surface area contributed by atoms with Crippen molar-refractivity contribution in [3.8, 4) is 16.2 Å². The maximum absolute atomic E-state index is 13.6. The largest absolute Gasteiger partial charge is 0.441 e. The summed E-state index contributed by atoms with van der Waals surface area (Å²) in [5.74, 6) is -0.100. The Morgan fingerprint density at radius 2 is 0.808 bits per heavy atom. The van der Waals surface area contributed by atoms with Gasteiger partial charge >= 0.3 is 72.2 Å². The summed E-state index contributed by atoms with van der Waals surface area (Å²) >= 11 is 22.5. The monoisotopic (exact) mass is 2280 g/mol. The SMILES string of the molecule is CCCN1CCN(CCBr)P1(=O)OCc1ccc([N+](=O)[O-])o1.CCCN1CCN(CCBr)P1(=O)OCc1ccc([N+](=O)[O-])s1.CCCN1CCN(CCBr)P1(=O)OCc1cnc([N+](=O)[O-])n1C.CCCN1CCN(CCBr)P1(=O)Oc1ccc(-c2ccc([N+](=O)[O-])s2)cc1.Cn1c(COC(=O)NC(C)(C)COP2(=O)N(CCBr)CCN2CCBr)cnc1[N+](=O)[O-]. The molecule has 11 rings (SSSR count). The van der Waals surface area contributed by atoms with Crippen LogP contribution >= 0.6 is 157 Å². The standard InChI is InChI=1S/C17H21BrN3O4PS.C16H27Br2N6O6P.C12H21BrN5O4P.C12H19BrN3O5P.C12H19BrN3O4PS/c1-2-10-19-12-13-20(11-9-18)26(19,24)25-15-5-3-14(4-6-15)16-7-8-17(27-16)21(22)23;1-16(2,12-30-31(28)22(6-4-17)8-9-23(31)7-5-18)20-15(25)29-11-13-10-19-14(21(13)3)24(26)27;1-3-5-16-7-8-17(6-4-13)23(16,21)22-10-11-9-14-12(15(11)2)18(19)20;1-2-6-14-8-9-15(7-5-13)22(14,19)20-10-11-3-4-12(21-11)16(17)18;1-2-6-14-8-9-15(7-5-13)21(14,19)20-10-11-3-4-12(22-11)16(17)18/h3-8H,2,9-13H2,1H3;10H,4-9,11-12H2,1-3H3,(H,20,25);9H,3-8,10H2,1-2H3;2*3-4H,2,5-10H2,1H3. The van der Waals surface area contributed by atoms with Crippen LogP contribution in [0.4, 0.5) is 32.6 Å². The molecular formula is C69H107Br6N20O23P5S2. The molecule has 0 bridgehead atoms. The van der Waals surface area contributed by atoms with E-state index in [1.165, 1.54) is 52.8 Å². The number of hydrogen-bond acceptors (Lipinski definition) is 27. The summed E-state index contributed by atoms with van der Waals surface area (Å²) in [4.78, 5) is 72.5. The van der Waals surface area contributed by atoms with Gasteiger partial charge in [-0.2, -0.15) is 0 Å². The third kappa shape index (κ3) is 29.4. The second-order valence-electron chi connectivity index (χ2n) is 28.5. The number of carbonyl (C=O) groups excluding carboxylic acids is 1. The number of benzene rings is 1. The van der Waals surface area contributed by atoms with E-state index in [9.17, 15) is 78.2 Å². The summed E-state index contributed by atoms with van der Waals surface area (Å²) in [5.41, 5.74) is 0.902. The minimum Gasteiger partial charge on any atom is -0.441 e. The van der Waals surface area contributed by atoms with Crippen LogP contribution in [0, 0.1) is 50.6 Å². The fourth-order valence-corrected chi connectivity index (χ4v) is 31.5. The summed E-state index contributed by atoms with van der Waals surface area (Å²) < 4.78 is 128. The molecule has 10 heterocycles. The molecule has 4 atom stereocenters. The van der Waals surface area contributed by atoms with Crippen molar-refractivity contribution < 1.29 is 84.0 Å². The minimum atomic E-state index is -3.20. The Balaban J connectivity index is 0.000000216. The molecule has 5 aliphatic rings. The summed E-state index contributed by atoms with van der Waals surface area (Å²) in [6, 6.07) is 16.3. The Hall–Kier alpha value is -4.14. The van der Waals surface area contributed by atoms with E-state index < -0.39 is 74.6 Å². The number of aromatic nitrogens is 4. The quantitative estimate of drug-likeness (QED) is 0.0161. The Morgan fingerprint density at radius 3 is 1.17 bits per heavy atom. The van der Waals surface area contributed by atoms with E-state index in [1.54, 1.807) is 45.2 Å². The molecule has 1 aromatic carbocycles. The number of imidazole rings is 2. The van der Waals surface area contributed by atoms with Crippen molar-refractivity contribution in [3.05, 3.63) is 146 Å². The van der Waals surface area contributed by atoms with Crippen molar-refractivity contribution in [1.82, 2.24) is 71.1 Å². The van der Waals surface area contributed by atoms with E-state index in [0.717, 1.165) is 102 Å². The van der Waals surface area contributed by atoms with Crippen LogP contribution in [0.1, 0.15) is 89.3 Å². The normalized spacial score (nSPS) is 21.1. The molecule has 4 unspecified atom stereocenters. The summed E-state index contributed by atoms with van der Waals surface area (Å²) in [6.45, 7) is 25.1. The third-order valence-corrected chi connectivity index (χ3v) is 37.1. The Morgan fingerprint density at radius 1 is 0.448 bits per heavy atom. The van der Waals surface area contributed by atoms with E-state index in [1.807, 2.05) is 79.6 Å². The zero-order valence-electron chi connectivity index (χ0n) is 70.4. The van der Waals surface area contributed by atoms with Gasteiger partial charge in [0, 0.05) is 185 Å². The highest BCUT2D eigenvalue weighted by Crippen LogP contribution is 2.62. The summed E-state index contributed by atoms with van der Waals surface area (Å²) in [6.07, 6.45) is 5.51. The van der Waals surface area contributed by atoms with Crippen molar-refractivity contribution in [2.45, 2.75) is 99.2 Å². The summed E-state index contributed by atoms with van der Waals surface area (Å²) in [7, 11) is -12.5. The number of thiophene rings is 2. The number of amides is 1. The molecule has 6 aromatic rings. The number of carbonyl (C=O) groups is 1. The predicted octanol–water partition coefficient (Wildman–Crippen LogP) is 17.4. The van der Waals surface area contributed by atoms with Crippen LogP contribution in [-0.2, 0) is 86.2 Å². The lowest BCUT2D eigenvalue weighted by molar-refractivity contribution is -0.402. The van der Waals surface area contributed by atoms with E-state index in [0.29, 0.717) is 147 Å². The number of rotatable bonds is 43. The predicted molar refractivity (Wildman–Crippen MR) is 499 cm³/mol. The molecule has 0 spiro atoms. The van der Waals surface area contributed by atoms with Crippen LogP contribution in [0.2, 0.25) is 0 Å². The van der Waals surface area contributed by atoms with Crippen LogP contribution in [-0.4, -0.2) is 272 Å². The molecule has 0 aliphatic carbocycles. The fourth-order valence-electron chi connectivity index (χ4n) is 13.2. The number of nitrogens with zero attached hydrogens (tertiary/aromatic N) is 19. The van der Waals surface area contributed by atoms with Gasteiger partial charge in [-0.15, -0.1) is 0 Å². The molecule has 5 fully saturated rings. The van der Waals surface area contributed by atoms with Gasteiger partial charge in [0.15, 0.2) is 12.3 Å². The Bertz CT molecular complexity index is 4570. The van der Waals surface area contributed by atoms with Crippen molar-refractivity contribution in [2.24, 2.45) is 14.1 Å². The number of halogens is 6. The molecule has 5 aliphatic heterocycles. The Labute approximate surface area is 783 Å². The molecule has 1 N–H and O–H groups in total. The lowest BCUT2D eigenvalue weighted by atomic mass is 10.1. The van der Waals surface area contributed by atoms with E-state index in [2.05, 4.69) is 118 Å². The number of ether oxygens (including phenoxy) is 1. The Kier molecular flexibility index (Phi) is 44.7. The van der Waals surface area contributed by atoms with E-state index in [-0.39, 0.29) is 60.8 Å². The molecule has 0 radical (unpaired) electrons. The average Bonchev–Trinajstić information content (AvgIpc) is 1.60. The first-order chi connectivity index (χ1) is 59.5. The zero-order valence-corrected chi connectivity index (χ0v) is 86.0. The first-order valence-electron chi connectivity index (χ1n) is 39.7.